The molecule has 0 fully saturated rings. The molecule has 4 nitrogen and oxygen atoms in total. The zero-order chi connectivity index (χ0) is 13.3. The van der Waals surface area contributed by atoms with Gasteiger partial charge in [-0.25, -0.2) is 9.37 Å². The van der Waals surface area contributed by atoms with Gasteiger partial charge in [0.25, 0.3) is 5.56 Å². The van der Waals surface area contributed by atoms with Crippen LogP contribution in [0.4, 0.5) is 8.78 Å². The largest absolute Gasteiger partial charge is 0.434 e. The molecule has 0 saturated heterocycles. The second kappa shape index (κ2) is 5.15. The summed E-state index contributed by atoms with van der Waals surface area (Å²) < 4.78 is 31.9. The number of aromatic nitrogens is 2. The van der Waals surface area contributed by atoms with Gasteiger partial charge in [-0.05, 0) is 28.1 Å². The Hall–Kier alpha value is -1.28. The smallest absolute Gasteiger partial charge is 0.268 e. The van der Waals surface area contributed by atoms with Crippen molar-refractivity contribution in [1.82, 2.24) is 9.97 Å². The first-order valence-electron chi connectivity index (χ1n) is 4.54. The van der Waals surface area contributed by atoms with E-state index in [9.17, 15) is 13.6 Å². The Balaban J connectivity index is 2.46. The first-order valence-corrected chi connectivity index (χ1v) is 6.13. The molecule has 2 aromatic rings. The summed E-state index contributed by atoms with van der Waals surface area (Å²) in [5.41, 5.74) is -0.490. The number of nitrogens with one attached hydrogen (secondary N) is 1. The molecule has 1 heterocycles. The summed E-state index contributed by atoms with van der Waals surface area (Å²) in [6.07, 6.45) is 1.09. The van der Waals surface area contributed by atoms with Crippen molar-refractivity contribution in [3.63, 3.8) is 0 Å². The summed E-state index contributed by atoms with van der Waals surface area (Å²) in [5.74, 6) is -2.76. The van der Waals surface area contributed by atoms with Gasteiger partial charge >= 0.3 is 0 Å². The van der Waals surface area contributed by atoms with Crippen molar-refractivity contribution in [2.24, 2.45) is 0 Å². The number of nitrogens with zero attached hydrogens (tertiary/aromatic N) is 1. The molecular weight excluding hydrogens is 378 g/mol. The molecule has 0 amide bonds. The van der Waals surface area contributed by atoms with Crippen molar-refractivity contribution in [3.05, 3.63) is 49.4 Å². The zero-order valence-electron chi connectivity index (χ0n) is 8.51. The lowest BCUT2D eigenvalue weighted by atomic mass is 10.3. The van der Waals surface area contributed by atoms with Gasteiger partial charge in [0.05, 0.1) is 6.33 Å². The van der Waals surface area contributed by atoms with E-state index in [1.54, 1.807) is 0 Å². The van der Waals surface area contributed by atoms with Gasteiger partial charge in [0.15, 0.2) is 11.6 Å². The monoisotopic (exact) mass is 380 g/mol. The molecule has 0 radical (unpaired) electrons. The minimum Gasteiger partial charge on any atom is -0.434 e. The summed E-state index contributed by atoms with van der Waals surface area (Å²) >= 11 is 5.95. The van der Waals surface area contributed by atoms with E-state index >= 15 is 0 Å². The van der Waals surface area contributed by atoms with Crippen LogP contribution in [0.2, 0.25) is 0 Å². The van der Waals surface area contributed by atoms with E-state index in [1.807, 2.05) is 0 Å². The maximum absolute atomic E-state index is 13.4. The highest BCUT2D eigenvalue weighted by molar-refractivity contribution is 9.10. The predicted molar refractivity (Wildman–Crippen MR) is 66.7 cm³/mol. The maximum atomic E-state index is 13.4. The van der Waals surface area contributed by atoms with E-state index in [1.165, 1.54) is 6.07 Å². The number of benzene rings is 1. The fourth-order valence-electron chi connectivity index (χ4n) is 1.15. The number of H-pyrrole nitrogens is 1. The minimum absolute atomic E-state index is 0.00946. The van der Waals surface area contributed by atoms with Crippen LogP contribution in [0.3, 0.4) is 0 Å². The Labute approximate surface area is 116 Å². The van der Waals surface area contributed by atoms with Crippen LogP contribution in [0.25, 0.3) is 0 Å². The summed E-state index contributed by atoms with van der Waals surface area (Å²) in [4.78, 5) is 17.2. The fraction of sp³-hybridized carbons (Fsp3) is 0. The summed E-state index contributed by atoms with van der Waals surface area (Å²) in [5, 5.41) is 0. The molecule has 94 valence electrons. The second-order valence-corrected chi connectivity index (χ2v) is 4.86. The number of rotatable bonds is 2. The van der Waals surface area contributed by atoms with Crippen LogP contribution < -0.4 is 10.3 Å². The Morgan fingerprint density at radius 2 is 2.00 bits per heavy atom. The van der Waals surface area contributed by atoms with Gasteiger partial charge in [-0.3, -0.25) is 4.79 Å². The Bertz CT molecular complexity index is 661. The Morgan fingerprint density at radius 3 is 2.72 bits per heavy atom. The van der Waals surface area contributed by atoms with Gasteiger partial charge in [-0.1, -0.05) is 15.9 Å². The molecule has 0 unspecified atom stereocenters. The number of halogens is 4. The van der Waals surface area contributed by atoms with Gasteiger partial charge in [-0.2, -0.15) is 4.39 Å². The van der Waals surface area contributed by atoms with Crippen molar-refractivity contribution in [1.29, 1.82) is 0 Å². The molecule has 1 aromatic carbocycles. The SMILES string of the molecule is O=c1[nH]cnc(Oc2cc(Br)cc(F)c2F)c1Br. The van der Waals surface area contributed by atoms with E-state index in [-0.39, 0.29) is 16.1 Å². The van der Waals surface area contributed by atoms with E-state index in [4.69, 9.17) is 4.74 Å². The van der Waals surface area contributed by atoms with E-state index in [2.05, 4.69) is 41.8 Å². The Morgan fingerprint density at radius 1 is 1.28 bits per heavy atom. The lowest BCUT2D eigenvalue weighted by molar-refractivity contribution is 0.401. The van der Waals surface area contributed by atoms with Crippen LogP contribution in [0.15, 0.2) is 32.2 Å². The number of ether oxygens (including phenoxy) is 1. The van der Waals surface area contributed by atoms with Crippen molar-refractivity contribution in [2.75, 3.05) is 0 Å². The molecule has 0 spiro atoms. The van der Waals surface area contributed by atoms with Gasteiger partial charge < -0.3 is 9.72 Å². The molecule has 1 N–H and O–H groups in total. The highest BCUT2D eigenvalue weighted by atomic mass is 79.9. The highest BCUT2D eigenvalue weighted by Crippen LogP contribution is 2.30. The first-order chi connectivity index (χ1) is 8.49. The molecule has 0 aliphatic rings. The van der Waals surface area contributed by atoms with Crippen LogP contribution in [0.1, 0.15) is 0 Å². The summed E-state index contributed by atoms with van der Waals surface area (Å²) in [6.45, 7) is 0. The molecule has 2 rings (SSSR count). The van der Waals surface area contributed by atoms with Gasteiger partial charge in [0.2, 0.25) is 11.7 Å². The van der Waals surface area contributed by atoms with Crippen molar-refractivity contribution < 1.29 is 13.5 Å². The average molecular weight is 382 g/mol. The van der Waals surface area contributed by atoms with Crippen LogP contribution in [-0.2, 0) is 0 Å². The molecule has 18 heavy (non-hydrogen) atoms. The standard InChI is InChI=1S/C10H4Br2F2N2O2/c11-4-1-5(13)8(14)6(2-4)18-10-7(12)9(17)15-3-16-10/h1-3H,(H,15,16,17). The van der Waals surface area contributed by atoms with Crippen LogP contribution >= 0.6 is 31.9 Å². The van der Waals surface area contributed by atoms with Gasteiger partial charge in [-0.15, -0.1) is 0 Å². The normalized spacial score (nSPS) is 10.4. The molecule has 0 aliphatic carbocycles. The third kappa shape index (κ3) is 2.59. The first kappa shape index (κ1) is 13.2. The average Bonchev–Trinajstić information content (AvgIpc) is 2.31. The highest BCUT2D eigenvalue weighted by Gasteiger charge is 2.15. The molecule has 0 saturated carbocycles. The van der Waals surface area contributed by atoms with Crippen molar-refractivity contribution in [3.8, 4) is 11.6 Å². The molecule has 0 aliphatic heterocycles. The van der Waals surface area contributed by atoms with Gasteiger partial charge in [0, 0.05) is 4.47 Å². The van der Waals surface area contributed by atoms with E-state index in [0.29, 0.717) is 4.47 Å². The molecule has 1 aromatic heterocycles. The second-order valence-electron chi connectivity index (χ2n) is 3.15. The lowest BCUT2D eigenvalue weighted by Gasteiger charge is -2.07. The summed E-state index contributed by atoms with van der Waals surface area (Å²) in [7, 11) is 0. The topological polar surface area (TPSA) is 55.0 Å². The quantitative estimate of drug-likeness (QED) is 0.811. The number of aromatic amines is 1. The minimum atomic E-state index is -1.16. The van der Waals surface area contributed by atoms with Crippen molar-refractivity contribution >= 4 is 31.9 Å². The third-order valence-electron chi connectivity index (χ3n) is 1.93. The maximum Gasteiger partial charge on any atom is 0.268 e. The lowest BCUT2D eigenvalue weighted by Crippen LogP contribution is -2.08. The molecular formula is C10H4Br2F2N2O2. The molecule has 8 heteroatoms. The van der Waals surface area contributed by atoms with Gasteiger partial charge in [0.1, 0.15) is 4.47 Å². The van der Waals surface area contributed by atoms with E-state index < -0.39 is 17.2 Å². The number of hydrogen-bond acceptors (Lipinski definition) is 3. The molecule has 0 bridgehead atoms. The van der Waals surface area contributed by atoms with Crippen molar-refractivity contribution in [2.45, 2.75) is 0 Å². The van der Waals surface area contributed by atoms with Crippen LogP contribution in [0, 0.1) is 11.6 Å². The zero-order valence-corrected chi connectivity index (χ0v) is 11.7. The predicted octanol–water partition coefficient (Wildman–Crippen LogP) is 3.37. The van der Waals surface area contributed by atoms with Crippen LogP contribution in [0.5, 0.6) is 11.6 Å². The summed E-state index contributed by atoms with van der Waals surface area (Å²) in [6, 6.07) is 2.19. The van der Waals surface area contributed by atoms with E-state index in [0.717, 1.165) is 12.4 Å². The fourth-order valence-corrected chi connectivity index (χ4v) is 1.86. The third-order valence-corrected chi connectivity index (χ3v) is 3.09. The number of hydrogen-bond donors (Lipinski definition) is 1. The molecule has 0 atom stereocenters. The van der Waals surface area contributed by atoms with Crippen LogP contribution in [-0.4, -0.2) is 9.97 Å². The Kier molecular flexibility index (Phi) is 3.76.